The number of carbonyl (C=O) groups is 1. The van der Waals surface area contributed by atoms with Crippen molar-refractivity contribution in [1.82, 2.24) is 25.1 Å². The van der Waals surface area contributed by atoms with Crippen molar-refractivity contribution >= 4 is 26.6 Å². The summed E-state index contributed by atoms with van der Waals surface area (Å²) in [6, 6.07) is 7.68. The minimum absolute atomic E-state index is 0.0757. The highest BCUT2D eigenvalue weighted by Crippen LogP contribution is 2.24. The minimum atomic E-state index is -3.61. The second-order valence-corrected chi connectivity index (χ2v) is 9.91. The summed E-state index contributed by atoms with van der Waals surface area (Å²) < 4.78 is 38.7. The Balaban J connectivity index is 1.69. The molecule has 0 unspecified atom stereocenters. The average Bonchev–Trinajstić information content (AvgIpc) is 3.27. The Labute approximate surface area is 200 Å². The predicted octanol–water partition coefficient (Wildman–Crippen LogP) is 1.57. The number of aliphatic hydroxyl groups excluding tert-OH is 2. The van der Waals surface area contributed by atoms with Gasteiger partial charge in [-0.25, -0.2) is 22.5 Å². The quantitative estimate of drug-likeness (QED) is 0.331. The molecule has 1 aromatic carbocycles. The molecule has 1 amide bonds. The number of rotatable bonds is 8. The Morgan fingerprint density at radius 2 is 1.91 bits per heavy atom. The standard InChI is InChI=1S/C23H22FN5O5S/c1-35(33,34)22-8-14(6-7-26-22)20(9-17(31)13-30)28-23(32)19-10-25-12-21-18(19)11-27-29(21)16-4-2-15(24)3-5-16/h2-8,10-12,17,20,30-31H,9,13H2,1H3,(H,28,32)/t17-,20+/m1/s1. The third-order valence-electron chi connectivity index (χ3n) is 5.38. The fourth-order valence-electron chi connectivity index (χ4n) is 3.62. The molecular formula is C23H22FN5O5S. The van der Waals surface area contributed by atoms with Crippen LogP contribution in [0.25, 0.3) is 16.6 Å². The van der Waals surface area contributed by atoms with Gasteiger partial charge in [0, 0.05) is 24.0 Å². The van der Waals surface area contributed by atoms with Crippen molar-refractivity contribution in [3.63, 3.8) is 0 Å². The maximum Gasteiger partial charge on any atom is 0.254 e. The van der Waals surface area contributed by atoms with Crippen LogP contribution < -0.4 is 5.32 Å². The third-order valence-corrected chi connectivity index (χ3v) is 6.36. The van der Waals surface area contributed by atoms with Crippen LogP contribution in [0.5, 0.6) is 0 Å². The third kappa shape index (κ3) is 5.34. The van der Waals surface area contributed by atoms with Gasteiger partial charge in [0.15, 0.2) is 14.9 Å². The van der Waals surface area contributed by atoms with E-state index in [0.29, 0.717) is 22.2 Å². The molecule has 3 aromatic heterocycles. The summed E-state index contributed by atoms with van der Waals surface area (Å²) in [5.74, 6) is -0.940. The summed E-state index contributed by atoms with van der Waals surface area (Å²) in [4.78, 5) is 21.3. The molecule has 0 saturated carbocycles. The van der Waals surface area contributed by atoms with E-state index in [9.17, 15) is 27.8 Å². The van der Waals surface area contributed by atoms with Gasteiger partial charge in [-0.1, -0.05) is 0 Å². The van der Waals surface area contributed by atoms with Crippen molar-refractivity contribution in [1.29, 1.82) is 0 Å². The first kappa shape index (κ1) is 24.4. The lowest BCUT2D eigenvalue weighted by Gasteiger charge is -2.22. The molecule has 3 N–H and O–H groups in total. The topological polar surface area (TPSA) is 147 Å². The number of fused-ring (bicyclic) bond motifs is 1. The Bertz CT molecular complexity index is 1470. The van der Waals surface area contributed by atoms with E-state index in [0.717, 1.165) is 6.26 Å². The maximum absolute atomic E-state index is 13.3. The molecule has 0 bridgehead atoms. The molecule has 182 valence electrons. The van der Waals surface area contributed by atoms with E-state index in [2.05, 4.69) is 20.4 Å². The van der Waals surface area contributed by atoms with E-state index in [1.165, 1.54) is 53.7 Å². The first-order chi connectivity index (χ1) is 16.7. The highest BCUT2D eigenvalue weighted by molar-refractivity contribution is 7.90. The summed E-state index contributed by atoms with van der Waals surface area (Å²) >= 11 is 0. The van der Waals surface area contributed by atoms with Crippen LogP contribution >= 0.6 is 0 Å². The number of nitrogens with one attached hydrogen (secondary N) is 1. The summed E-state index contributed by atoms with van der Waals surface area (Å²) in [5, 5.41) is 26.7. The van der Waals surface area contributed by atoms with Gasteiger partial charge in [-0.05, 0) is 48.4 Å². The maximum atomic E-state index is 13.3. The van der Waals surface area contributed by atoms with Crippen LogP contribution in [0.1, 0.15) is 28.4 Å². The highest BCUT2D eigenvalue weighted by atomic mass is 32.2. The Morgan fingerprint density at radius 1 is 1.17 bits per heavy atom. The molecule has 12 heteroatoms. The van der Waals surface area contributed by atoms with Gasteiger partial charge in [0.2, 0.25) is 0 Å². The van der Waals surface area contributed by atoms with Crippen molar-refractivity contribution in [2.24, 2.45) is 0 Å². The predicted molar refractivity (Wildman–Crippen MR) is 124 cm³/mol. The van der Waals surface area contributed by atoms with Crippen molar-refractivity contribution in [2.45, 2.75) is 23.6 Å². The van der Waals surface area contributed by atoms with Gasteiger partial charge in [0.1, 0.15) is 5.82 Å². The van der Waals surface area contributed by atoms with Crippen LogP contribution in [-0.4, -0.2) is 63.3 Å². The highest BCUT2D eigenvalue weighted by Gasteiger charge is 2.23. The van der Waals surface area contributed by atoms with Crippen molar-refractivity contribution in [3.8, 4) is 5.69 Å². The Hall–Kier alpha value is -3.74. The van der Waals surface area contributed by atoms with Gasteiger partial charge in [-0.15, -0.1) is 0 Å². The number of halogens is 1. The van der Waals surface area contributed by atoms with E-state index < -0.39 is 40.3 Å². The van der Waals surface area contributed by atoms with Crippen molar-refractivity contribution in [2.75, 3.05) is 12.9 Å². The Morgan fingerprint density at radius 3 is 2.60 bits per heavy atom. The summed E-state index contributed by atoms with van der Waals surface area (Å²) in [5.41, 5.74) is 1.68. The Kier molecular flexibility index (Phi) is 6.87. The first-order valence-electron chi connectivity index (χ1n) is 10.5. The van der Waals surface area contributed by atoms with Gasteiger partial charge < -0.3 is 15.5 Å². The van der Waals surface area contributed by atoms with E-state index in [1.807, 2.05) is 0 Å². The van der Waals surface area contributed by atoms with Crippen LogP contribution in [0.4, 0.5) is 4.39 Å². The molecule has 0 saturated heterocycles. The molecule has 2 atom stereocenters. The zero-order valence-electron chi connectivity index (χ0n) is 18.5. The van der Waals surface area contributed by atoms with Gasteiger partial charge >= 0.3 is 0 Å². The number of sulfone groups is 1. The lowest BCUT2D eigenvalue weighted by Crippen LogP contribution is -2.32. The molecule has 0 aliphatic rings. The first-order valence-corrected chi connectivity index (χ1v) is 12.4. The number of pyridine rings is 2. The number of benzene rings is 1. The second kappa shape index (κ2) is 9.86. The minimum Gasteiger partial charge on any atom is -0.394 e. The monoisotopic (exact) mass is 499 g/mol. The van der Waals surface area contributed by atoms with Crippen LogP contribution in [0, 0.1) is 5.82 Å². The molecule has 3 heterocycles. The zero-order chi connectivity index (χ0) is 25.2. The fourth-order valence-corrected chi connectivity index (χ4v) is 4.22. The zero-order valence-corrected chi connectivity index (χ0v) is 19.4. The lowest BCUT2D eigenvalue weighted by atomic mass is 10.0. The molecule has 0 aliphatic carbocycles. The molecule has 0 fully saturated rings. The van der Waals surface area contributed by atoms with Crippen LogP contribution in [0.15, 0.2) is 66.2 Å². The van der Waals surface area contributed by atoms with Crippen LogP contribution in [-0.2, 0) is 9.84 Å². The number of hydrogen-bond donors (Lipinski definition) is 3. The van der Waals surface area contributed by atoms with E-state index >= 15 is 0 Å². The molecule has 4 aromatic rings. The summed E-state index contributed by atoms with van der Waals surface area (Å²) in [7, 11) is -3.61. The summed E-state index contributed by atoms with van der Waals surface area (Å²) in [6.07, 6.45) is 5.45. The number of hydrogen-bond acceptors (Lipinski definition) is 8. The van der Waals surface area contributed by atoms with Gasteiger partial charge in [-0.2, -0.15) is 5.10 Å². The summed E-state index contributed by atoms with van der Waals surface area (Å²) in [6.45, 7) is -0.544. The van der Waals surface area contributed by atoms with Gasteiger partial charge in [-0.3, -0.25) is 9.78 Å². The number of aromatic nitrogens is 4. The molecule has 0 spiro atoms. The van der Waals surface area contributed by atoms with Gasteiger partial charge in [0.05, 0.1) is 47.9 Å². The molecule has 0 radical (unpaired) electrons. The number of carbonyl (C=O) groups excluding carboxylic acids is 1. The normalized spacial score (nSPS) is 13.5. The molecule has 10 nitrogen and oxygen atoms in total. The van der Waals surface area contributed by atoms with E-state index in [4.69, 9.17) is 0 Å². The molecule has 0 aliphatic heterocycles. The van der Waals surface area contributed by atoms with E-state index in [-0.39, 0.29) is 17.0 Å². The largest absolute Gasteiger partial charge is 0.394 e. The second-order valence-electron chi connectivity index (χ2n) is 7.95. The van der Waals surface area contributed by atoms with Gasteiger partial charge in [0.25, 0.3) is 5.91 Å². The average molecular weight is 500 g/mol. The van der Waals surface area contributed by atoms with Crippen LogP contribution in [0.2, 0.25) is 0 Å². The van der Waals surface area contributed by atoms with Crippen molar-refractivity contribution in [3.05, 3.63) is 78.1 Å². The smallest absolute Gasteiger partial charge is 0.254 e. The lowest BCUT2D eigenvalue weighted by molar-refractivity contribution is 0.0740. The number of amides is 1. The van der Waals surface area contributed by atoms with Crippen molar-refractivity contribution < 1.29 is 27.8 Å². The SMILES string of the molecule is CS(=O)(=O)c1cc([C@H](C[C@@H](O)CO)NC(=O)c2cncc3c2cnn3-c2ccc(F)cc2)ccn1. The van der Waals surface area contributed by atoms with Crippen LogP contribution in [0.3, 0.4) is 0 Å². The van der Waals surface area contributed by atoms with E-state index in [1.54, 1.807) is 12.1 Å². The number of nitrogens with zero attached hydrogens (tertiary/aromatic N) is 4. The molecule has 4 rings (SSSR count). The fraction of sp³-hybridized carbons (Fsp3) is 0.217. The molecule has 35 heavy (non-hydrogen) atoms. The number of aliphatic hydroxyl groups is 2. The molecular weight excluding hydrogens is 477 g/mol.